The van der Waals surface area contributed by atoms with Crippen LogP contribution in [0.5, 0.6) is 0 Å². The van der Waals surface area contributed by atoms with E-state index in [2.05, 4.69) is 35.9 Å². The number of nitrogens with one attached hydrogen (secondary N) is 1. The number of nitrogens with zero attached hydrogens (tertiary/aromatic N) is 1. The van der Waals surface area contributed by atoms with E-state index in [0.29, 0.717) is 12.5 Å². The van der Waals surface area contributed by atoms with Crippen LogP contribution in [0.1, 0.15) is 70.1 Å². The first-order valence-electron chi connectivity index (χ1n) is 10.2. The van der Waals surface area contributed by atoms with Gasteiger partial charge in [-0.15, -0.1) is 0 Å². The van der Waals surface area contributed by atoms with E-state index in [4.69, 9.17) is 11.6 Å². The van der Waals surface area contributed by atoms with Crippen LogP contribution >= 0.6 is 11.6 Å². The van der Waals surface area contributed by atoms with E-state index in [9.17, 15) is 4.79 Å². The first-order chi connectivity index (χ1) is 12.6. The van der Waals surface area contributed by atoms with Crippen molar-refractivity contribution in [1.29, 1.82) is 0 Å². The van der Waals surface area contributed by atoms with Gasteiger partial charge in [0.15, 0.2) is 0 Å². The first-order valence-corrected chi connectivity index (χ1v) is 10.6. The third kappa shape index (κ3) is 4.25. The number of carbonyl (C=O) groups excluding carboxylic acids is 1. The lowest BCUT2D eigenvalue weighted by molar-refractivity contribution is -0.121. The van der Waals surface area contributed by atoms with Crippen molar-refractivity contribution in [3.63, 3.8) is 0 Å². The number of aryl methyl sites for hydroxylation is 2. The summed E-state index contributed by atoms with van der Waals surface area (Å²) in [5.74, 6) is 0.187. The molecule has 0 atom stereocenters. The quantitative estimate of drug-likeness (QED) is 0.636. The van der Waals surface area contributed by atoms with Crippen molar-refractivity contribution in [3.05, 3.63) is 34.5 Å². The molecule has 3 nitrogen and oxygen atoms in total. The topological polar surface area (TPSA) is 34.0 Å². The first kappa shape index (κ1) is 19.3. The molecule has 1 fully saturated rings. The van der Waals surface area contributed by atoms with Gasteiger partial charge in [0.25, 0.3) is 0 Å². The molecule has 0 radical (unpaired) electrons. The van der Waals surface area contributed by atoms with Gasteiger partial charge in [0.05, 0.1) is 0 Å². The van der Waals surface area contributed by atoms with Crippen LogP contribution in [0.4, 0.5) is 0 Å². The summed E-state index contributed by atoms with van der Waals surface area (Å²) in [5, 5.41) is 5.25. The van der Waals surface area contributed by atoms with E-state index in [1.165, 1.54) is 47.8 Å². The fraction of sp³-hybridized carbons (Fsp3) is 0.591. The van der Waals surface area contributed by atoms with Crippen LogP contribution in [-0.2, 0) is 24.2 Å². The van der Waals surface area contributed by atoms with Crippen LogP contribution in [0.3, 0.4) is 0 Å². The third-order valence-corrected chi connectivity index (χ3v) is 5.89. The van der Waals surface area contributed by atoms with Crippen molar-refractivity contribution in [2.24, 2.45) is 0 Å². The zero-order chi connectivity index (χ0) is 18.5. The predicted octanol–water partition coefficient (Wildman–Crippen LogP) is 5.65. The third-order valence-electron chi connectivity index (χ3n) is 5.65. The highest BCUT2D eigenvalue weighted by atomic mass is 35.5. The molecule has 2 aromatic rings. The Morgan fingerprint density at radius 2 is 2.04 bits per heavy atom. The Labute approximate surface area is 162 Å². The molecule has 26 heavy (non-hydrogen) atoms. The molecule has 0 unspecified atom stereocenters. The molecule has 1 aliphatic rings. The predicted molar refractivity (Wildman–Crippen MR) is 110 cm³/mol. The second-order valence-corrected chi connectivity index (χ2v) is 7.93. The maximum Gasteiger partial charge on any atom is 0.222 e. The summed E-state index contributed by atoms with van der Waals surface area (Å²) in [6, 6.07) is 6.55. The molecule has 0 saturated heterocycles. The Balaban J connectivity index is 1.83. The van der Waals surface area contributed by atoms with Crippen LogP contribution < -0.4 is 5.32 Å². The van der Waals surface area contributed by atoms with Crippen LogP contribution in [0.2, 0.25) is 5.02 Å². The van der Waals surface area contributed by atoms with Gasteiger partial charge in [-0.1, -0.05) is 44.7 Å². The molecule has 1 heterocycles. The summed E-state index contributed by atoms with van der Waals surface area (Å²) in [6.45, 7) is 5.18. The van der Waals surface area contributed by atoms with Gasteiger partial charge in [0.2, 0.25) is 5.91 Å². The van der Waals surface area contributed by atoms with Gasteiger partial charge in [-0.25, -0.2) is 0 Å². The Morgan fingerprint density at radius 3 is 2.73 bits per heavy atom. The van der Waals surface area contributed by atoms with Crippen LogP contribution in [0.25, 0.3) is 10.9 Å². The number of carbonyl (C=O) groups is 1. The Hall–Kier alpha value is -1.48. The number of rotatable bonds is 8. The van der Waals surface area contributed by atoms with Crippen molar-refractivity contribution in [3.8, 4) is 0 Å². The van der Waals surface area contributed by atoms with Crippen molar-refractivity contribution in [2.75, 3.05) is 0 Å². The lowest BCUT2D eigenvalue weighted by Gasteiger charge is -2.14. The van der Waals surface area contributed by atoms with Gasteiger partial charge in [0.1, 0.15) is 0 Å². The minimum Gasteiger partial charge on any atom is -0.353 e. The van der Waals surface area contributed by atoms with E-state index in [1.54, 1.807) is 0 Å². The van der Waals surface area contributed by atoms with Crippen molar-refractivity contribution >= 4 is 28.4 Å². The SMILES string of the molecule is CCCCc1c(CC)c2cc(Cl)ccc2n1CCC(=O)NC1CCCC1. The summed E-state index contributed by atoms with van der Waals surface area (Å²) in [7, 11) is 0. The zero-order valence-corrected chi connectivity index (χ0v) is 16.9. The summed E-state index contributed by atoms with van der Waals surface area (Å²) in [6.07, 6.45) is 9.72. The van der Waals surface area contributed by atoms with E-state index in [0.717, 1.165) is 37.3 Å². The van der Waals surface area contributed by atoms with Gasteiger partial charge in [-0.2, -0.15) is 0 Å². The number of amides is 1. The van der Waals surface area contributed by atoms with E-state index >= 15 is 0 Å². The van der Waals surface area contributed by atoms with Gasteiger partial charge in [-0.05, 0) is 55.9 Å². The summed E-state index contributed by atoms with van der Waals surface area (Å²) in [4.78, 5) is 12.4. The van der Waals surface area contributed by atoms with Gasteiger partial charge < -0.3 is 9.88 Å². The fourth-order valence-corrected chi connectivity index (χ4v) is 4.48. The maximum atomic E-state index is 12.4. The molecule has 1 aliphatic carbocycles. The average Bonchev–Trinajstić information content (AvgIpc) is 3.23. The number of unbranched alkanes of at least 4 members (excludes halogenated alkanes) is 1. The molecule has 4 heteroatoms. The monoisotopic (exact) mass is 374 g/mol. The molecule has 0 bridgehead atoms. The Kier molecular flexibility index (Phi) is 6.63. The highest BCUT2D eigenvalue weighted by Crippen LogP contribution is 2.31. The summed E-state index contributed by atoms with van der Waals surface area (Å²) >= 11 is 6.26. The summed E-state index contributed by atoms with van der Waals surface area (Å²) < 4.78 is 2.37. The molecule has 1 aromatic carbocycles. The number of fused-ring (bicyclic) bond motifs is 1. The molecule has 1 saturated carbocycles. The van der Waals surface area contributed by atoms with Crippen molar-refractivity contribution in [1.82, 2.24) is 9.88 Å². The number of benzene rings is 1. The molecule has 3 rings (SSSR count). The molecule has 1 aromatic heterocycles. The lowest BCUT2D eigenvalue weighted by Crippen LogP contribution is -2.33. The van der Waals surface area contributed by atoms with Gasteiger partial charge in [0, 0.05) is 40.6 Å². The van der Waals surface area contributed by atoms with E-state index in [1.807, 2.05) is 6.07 Å². The smallest absolute Gasteiger partial charge is 0.222 e. The van der Waals surface area contributed by atoms with Crippen molar-refractivity contribution in [2.45, 2.75) is 84.2 Å². The molecule has 0 aliphatic heterocycles. The molecular weight excluding hydrogens is 344 g/mol. The standard InChI is InChI=1S/C22H31ClN2O/c1-3-5-10-20-18(4-2)19-15-16(23)11-12-21(19)25(20)14-13-22(26)24-17-8-6-7-9-17/h11-12,15,17H,3-10,13-14H2,1-2H3,(H,24,26). The molecule has 0 spiro atoms. The van der Waals surface area contributed by atoms with Gasteiger partial charge in [-0.3, -0.25) is 4.79 Å². The number of aromatic nitrogens is 1. The highest BCUT2D eigenvalue weighted by molar-refractivity contribution is 6.31. The Morgan fingerprint density at radius 1 is 1.27 bits per heavy atom. The fourth-order valence-electron chi connectivity index (χ4n) is 4.31. The number of hydrogen-bond donors (Lipinski definition) is 1. The Bertz CT molecular complexity index is 759. The van der Waals surface area contributed by atoms with Crippen molar-refractivity contribution < 1.29 is 4.79 Å². The minimum absolute atomic E-state index is 0.187. The van der Waals surface area contributed by atoms with Crippen LogP contribution in [-0.4, -0.2) is 16.5 Å². The second-order valence-electron chi connectivity index (χ2n) is 7.49. The normalized spacial score (nSPS) is 15.0. The molecular formula is C22H31ClN2O. The molecule has 1 amide bonds. The van der Waals surface area contributed by atoms with E-state index < -0.39 is 0 Å². The largest absolute Gasteiger partial charge is 0.353 e. The number of hydrogen-bond acceptors (Lipinski definition) is 1. The lowest BCUT2D eigenvalue weighted by atomic mass is 10.0. The molecule has 1 N–H and O–H groups in total. The highest BCUT2D eigenvalue weighted by Gasteiger charge is 2.19. The number of halogens is 1. The molecule has 142 valence electrons. The summed E-state index contributed by atoms with van der Waals surface area (Å²) in [5.41, 5.74) is 4.00. The van der Waals surface area contributed by atoms with Gasteiger partial charge >= 0.3 is 0 Å². The zero-order valence-electron chi connectivity index (χ0n) is 16.1. The maximum absolute atomic E-state index is 12.4. The second kappa shape index (κ2) is 8.94. The van der Waals surface area contributed by atoms with Crippen LogP contribution in [0.15, 0.2) is 18.2 Å². The van der Waals surface area contributed by atoms with Crippen LogP contribution in [0, 0.1) is 0 Å². The average molecular weight is 375 g/mol. The van der Waals surface area contributed by atoms with E-state index in [-0.39, 0.29) is 5.91 Å². The minimum atomic E-state index is 0.187.